The molecule has 0 N–H and O–H groups in total. The van der Waals surface area contributed by atoms with Crippen LogP contribution in [0.5, 0.6) is 0 Å². The lowest BCUT2D eigenvalue weighted by Crippen LogP contribution is -2.18. The summed E-state index contributed by atoms with van der Waals surface area (Å²) < 4.78 is 40.8. The largest absolute Gasteiger partial charge is 0.510 e. The van der Waals surface area contributed by atoms with Gasteiger partial charge < -0.3 is 14.2 Å². The topological polar surface area (TPSA) is 107 Å². The number of rotatable bonds is 10. The van der Waals surface area contributed by atoms with Crippen LogP contribution in [-0.2, 0) is 37.1 Å². The van der Waals surface area contributed by atoms with E-state index in [0.29, 0.717) is 0 Å². The van der Waals surface area contributed by atoms with E-state index in [1.54, 1.807) is 13.8 Å². The Bertz CT molecular complexity index is 396. The lowest BCUT2D eigenvalue weighted by molar-refractivity contribution is -0.148. The minimum absolute atomic E-state index is 0.0280. The Morgan fingerprint density at radius 1 is 1.00 bits per heavy atom. The molecule has 0 aliphatic carbocycles. The van der Waals surface area contributed by atoms with Gasteiger partial charge in [0.1, 0.15) is 0 Å². The van der Waals surface area contributed by atoms with Crippen LogP contribution in [0.4, 0.5) is 4.79 Å². The van der Waals surface area contributed by atoms with Crippen LogP contribution < -0.4 is 0 Å². The molecule has 10 heteroatoms. The number of carbonyl (C=O) groups is 2. The fourth-order valence-electron chi connectivity index (χ4n) is 0.896. The minimum Gasteiger partial charge on any atom is -0.438 e. The molecule has 130 valence electrons. The van der Waals surface area contributed by atoms with Crippen molar-refractivity contribution in [2.45, 2.75) is 40.7 Å². The highest BCUT2D eigenvalue weighted by molar-refractivity contribution is 7.48. The number of esters is 1. The molecule has 2 atom stereocenters. The van der Waals surface area contributed by atoms with Crippen LogP contribution in [0.3, 0.4) is 0 Å². The zero-order valence-electron chi connectivity index (χ0n) is 13.4. The van der Waals surface area contributed by atoms with Crippen molar-refractivity contribution in [1.29, 1.82) is 0 Å². The fraction of sp³-hybridized carbons (Fsp3) is 0.833. The molecule has 0 saturated heterocycles. The van der Waals surface area contributed by atoms with E-state index in [1.165, 1.54) is 0 Å². The summed E-state index contributed by atoms with van der Waals surface area (Å²) in [6.07, 6.45) is -1.45. The van der Waals surface area contributed by atoms with Gasteiger partial charge in [0.15, 0.2) is 0 Å². The number of ether oxygens (including phenoxy) is 3. The quantitative estimate of drug-likeness (QED) is 0.336. The standard InChI is InChI=1S/C12H23O9P/c1-6-16-12(14)18-8-20-22(15,19-7-17-11(5)13)21-10(4)9(2)3/h9-10H,6-8H2,1-5H3. The zero-order valence-corrected chi connectivity index (χ0v) is 14.3. The first kappa shape index (κ1) is 20.9. The molecular formula is C12H23O9P. The zero-order chi connectivity index (χ0) is 17.2. The van der Waals surface area contributed by atoms with Crippen molar-refractivity contribution in [1.82, 2.24) is 0 Å². The summed E-state index contributed by atoms with van der Waals surface area (Å²) >= 11 is 0. The molecule has 0 aromatic rings. The van der Waals surface area contributed by atoms with Crippen molar-refractivity contribution < 1.29 is 41.9 Å². The van der Waals surface area contributed by atoms with Gasteiger partial charge >= 0.3 is 19.9 Å². The SMILES string of the molecule is CCOC(=O)OCOP(=O)(OCOC(C)=O)OC(C)C(C)C. The lowest BCUT2D eigenvalue weighted by Gasteiger charge is -2.23. The van der Waals surface area contributed by atoms with Crippen molar-refractivity contribution in [2.75, 3.05) is 20.2 Å². The van der Waals surface area contributed by atoms with Gasteiger partial charge in [-0.05, 0) is 19.8 Å². The predicted octanol–water partition coefficient (Wildman–Crippen LogP) is 2.84. The van der Waals surface area contributed by atoms with Gasteiger partial charge in [-0.25, -0.2) is 18.4 Å². The average Bonchev–Trinajstić information content (AvgIpc) is 2.38. The van der Waals surface area contributed by atoms with E-state index in [9.17, 15) is 14.2 Å². The van der Waals surface area contributed by atoms with E-state index in [-0.39, 0.29) is 12.5 Å². The van der Waals surface area contributed by atoms with Crippen LogP contribution >= 0.6 is 7.82 Å². The first-order valence-corrected chi connectivity index (χ1v) is 8.16. The molecule has 0 spiro atoms. The highest BCUT2D eigenvalue weighted by atomic mass is 31.2. The smallest absolute Gasteiger partial charge is 0.438 e. The average molecular weight is 342 g/mol. The molecule has 0 heterocycles. The second-order valence-corrected chi connectivity index (χ2v) is 6.08. The maximum absolute atomic E-state index is 12.4. The van der Waals surface area contributed by atoms with Crippen molar-refractivity contribution in [3.8, 4) is 0 Å². The Morgan fingerprint density at radius 3 is 2.00 bits per heavy atom. The van der Waals surface area contributed by atoms with Gasteiger partial charge in [-0.2, -0.15) is 0 Å². The molecule has 0 radical (unpaired) electrons. The summed E-state index contributed by atoms with van der Waals surface area (Å²) in [6, 6.07) is 0. The molecule has 22 heavy (non-hydrogen) atoms. The highest BCUT2D eigenvalue weighted by Crippen LogP contribution is 2.51. The molecule has 0 aliphatic heterocycles. The molecule has 0 saturated carbocycles. The molecule has 2 unspecified atom stereocenters. The first-order valence-electron chi connectivity index (χ1n) is 6.70. The van der Waals surface area contributed by atoms with Crippen LogP contribution in [0.1, 0.15) is 34.6 Å². The van der Waals surface area contributed by atoms with Gasteiger partial charge in [0.05, 0.1) is 12.7 Å². The normalized spacial score (nSPS) is 15.0. The van der Waals surface area contributed by atoms with Crippen LogP contribution in [0, 0.1) is 5.92 Å². The van der Waals surface area contributed by atoms with Crippen molar-refractivity contribution in [3.05, 3.63) is 0 Å². The molecule has 0 aromatic carbocycles. The maximum Gasteiger partial charge on any atom is 0.510 e. The van der Waals surface area contributed by atoms with Gasteiger partial charge in [0, 0.05) is 6.92 Å². The molecule has 0 amide bonds. The van der Waals surface area contributed by atoms with Crippen molar-refractivity contribution in [3.63, 3.8) is 0 Å². The van der Waals surface area contributed by atoms with Crippen LogP contribution in [0.15, 0.2) is 0 Å². The summed E-state index contributed by atoms with van der Waals surface area (Å²) in [5.74, 6) is -0.591. The third-order valence-electron chi connectivity index (χ3n) is 2.36. The molecular weight excluding hydrogens is 319 g/mol. The van der Waals surface area contributed by atoms with Crippen LogP contribution in [-0.4, -0.2) is 38.4 Å². The number of hydrogen-bond donors (Lipinski definition) is 0. The number of hydrogen-bond acceptors (Lipinski definition) is 9. The summed E-state index contributed by atoms with van der Waals surface area (Å²) in [6.45, 7) is 6.94. The van der Waals surface area contributed by atoms with Gasteiger partial charge in [-0.15, -0.1) is 0 Å². The fourth-order valence-corrected chi connectivity index (χ4v) is 2.11. The Morgan fingerprint density at radius 2 is 1.55 bits per heavy atom. The molecule has 0 fully saturated rings. The second-order valence-electron chi connectivity index (χ2n) is 4.46. The van der Waals surface area contributed by atoms with E-state index in [0.717, 1.165) is 6.92 Å². The first-order chi connectivity index (χ1) is 10.2. The van der Waals surface area contributed by atoms with E-state index < -0.39 is 39.6 Å². The Labute approximate surface area is 129 Å². The second kappa shape index (κ2) is 10.6. The summed E-state index contributed by atoms with van der Waals surface area (Å²) in [4.78, 5) is 21.7. The summed E-state index contributed by atoms with van der Waals surface area (Å²) in [5.41, 5.74) is 0. The molecule has 0 bridgehead atoms. The van der Waals surface area contributed by atoms with Gasteiger partial charge in [0.25, 0.3) is 0 Å². The van der Waals surface area contributed by atoms with E-state index in [1.807, 2.05) is 13.8 Å². The van der Waals surface area contributed by atoms with Crippen molar-refractivity contribution >= 4 is 19.9 Å². The third-order valence-corrected chi connectivity index (χ3v) is 3.79. The Kier molecular flexibility index (Phi) is 10.0. The number of phosphoric acid groups is 1. The van der Waals surface area contributed by atoms with Gasteiger partial charge in [0.2, 0.25) is 13.6 Å². The third kappa shape index (κ3) is 9.73. The molecule has 0 aromatic heterocycles. The van der Waals surface area contributed by atoms with E-state index in [2.05, 4.69) is 14.2 Å². The Hall–Kier alpha value is -1.15. The highest BCUT2D eigenvalue weighted by Gasteiger charge is 2.31. The van der Waals surface area contributed by atoms with Crippen LogP contribution in [0.2, 0.25) is 0 Å². The van der Waals surface area contributed by atoms with Crippen LogP contribution in [0.25, 0.3) is 0 Å². The number of carbonyl (C=O) groups excluding carboxylic acids is 2. The monoisotopic (exact) mass is 342 g/mol. The van der Waals surface area contributed by atoms with E-state index >= 15 is 0 Å². The van der Waals surface area contributed by atoms with Gasteiger partial charge in [-0.1, -0.05) is 13.8 Å². The summed E-state index contributed by atoms with van der Waals surface area (Å²) in [7, 11) is -4.07. The van der Waals surface area contributed by atoms with Crippen molar-refractivity contribution in [2.24, 2.45) is 5.92 Å². The summed E-state index contributed by atoms with van der Waals surface area (Å²) in [5, 5.41) is 0. The number of phosphoric ester groups is 1. The Balaban J connectivity index is 4.53. The molecule has 0 aliphatic rings. The minimum atomic E-state index is -4.07. The maximum atomic E-state index is 12.4. The predicted molar refractivity (Wildman–Crippen MR) is 74.8 cm³/mol. The van der Waals surface area contributed by atoms with Gasteiger partial charge in [-0.3, -0.25) is 9.32 Å². The molecule has 9 nitrogen and oxygen atoms in total. The lowest BCUT2D eigenvalue weighted by atomic mass is 10.1. The van der Waals surface area contributed by atoms with E-state index in [4.69, 9.17) is 13.6 Å². The molecule has 0 rings (SSSR count).